The summed E-state index contributed by atoms with van der Waals surface area (Å²) >= 11 is 0. The second-order valence-corrected chi connectivity index (χ2v) is 4.12. The van der Waals surface area contributed by atoms with Gasteiger partial charge in [0.1, 0.15) is 11.6 Å². The van der Waals surface area contributed by atoms with Crippen LogP contribution in [0.5, 0.6) is 5.75 Å². The molecule has 4 nitrogen and oxygen atoms in total. The zero-order valence-corrected chi connectivity index (χ0v) is 9.41. The van der Waals surface area contributed by atoms with Gasteiger partial charge in [0, 0.05) is 12.1 Å². The summed E-state index contributed by atoms with van der Waals surface area (Å²) in [5.41, 5.74) is 5.81. The molecule has 0 saturated heterocycles. The third kappa shape index (κ3) is 3.62. The lowest BCUT2D eigenvalue weighted by atomic mass is 10.3. The molecule has 0 aliphatic heterocycles. The molecule has 5 heteroatoms. The van der Waals surface area contributed by atoms with Gasteiger partial charge in [-0.05, 0) is 25.0 Å². The van der Waals surface area contributed by atoms with E-state index in [-0.39, 0.29) is 24.6 Å². The van der Waals surface area contributed by atoms with E-state index in [1.807, 2.05) is 0 Å². The van der Waals surface area contributed by atoms with Crippen molar-refractivity contribution in [2.24, 2.45) is 0 Å². The minimum atomic E-state index is -0.402. The standard InChI is InChI=1S/C12H15FN2O2/c13-8-1-4-11(10(14)7-8)17-6-5-12(16)15-9-2-3-9/h1,4,7,9H,2-3,5-6,14H2,(H,15,16). The molecule has 0 aromatic heterocycles. The molecule has 17 heavy (non-hydrogen) atoms. The van der Waals surface area contributed by atoms with Gasteiger partial charge >= 0.3 is 0 Å². The Morgan fingerprint density at radius 3 is 2.94 bits per heavy atom. The summed E-state index contributed by atoms with van der Waals surface area (Å²) in [4.78, 5) is 11.3. The Hall–Kier alpha value is -1.78. The Bertz CT molecular complexity index is 419. The van der Waals surface area contributed by atoms with Gasteiger partial charge in [0.15, 0.2) is 0 Å². The SMILES string of the molecule is Nc1cc(F)ccc1OCCC(=O)NC1CC1. The van der Waals surface area contributed by atoms with Gasteiger partial charge in [-0.2, -0.15) is 0 Å². The van der Waals surface area contributed by atoms with Gasteiger partial charge in [0.05, 0.1) is 18.7 Å². The minimum absolute atomic E-state index is 0.0202. The Labute approximate surface area is 98.9 Å². The minimum Gasteiger partial charge on any atom is -0.491 e. The molecule has 0 spiro atoms. The number of hydrogen-bond acceptors (Lipinski definition) is 3. The summed E-state index contributed by atoms with van der Waals surface area (Å²) in [6.45, 7) is 0.244. The van der Waals surface area contributed by atoms with Crippen LogP contribution in [0.3, 0.4) is 0 Å². The van der Waals surface area contributed by atoms with Crippen LogP contribution < -0.4 is 15.8 Å². The van der Waals surface area contributed by atoms with Crippen LogP contribution in [0.25, 0.3) is 0 Å². The molecule has 1 aliphatic carbocycles. The van der Waals surface area contributed by atoms with Crippen molar-refractivity contribution in [1.29, 1.82) is 0 Å². The molecule has 1 fully saturated rings. The van der Waals surface area contributed by atoms with Gasteiger partial charge in [-0.15, -0.1) is 0 Å². The highest BCUT2D eigenvalue weighted by Crippen LogP contribution is 2.22. The maximum Gasteiger partial charge on any atom is 0.223 e. The summed E-state index contributed by atoms with van der Waals surface area (Å²) in [6, 6.07) is 4.29. The topological polar surface area (TPSA) is 64.3 Å². The van der Waals surface area contributed by atoms with Crippen molar-refractivity contribution in [3.63, 3.8) is 0 Å². The predicted octanol–water partition coefficient (Wildman–Crippen LogP) is 1.46. The first-order valence-electron chi connectivity index (χ1n) is 5.62. The van der Waals surface area contributed by atoms with Gasteiger partial charge in [-0.25, -0.2) is 4.39 Å². The van der Waals surface area contributed by atoms with Crippen LogP contribution in [-0.4, -0.2) is 18.6 Å². The van der Waals surface area contributed by atoms with Crippen molar-refractivity contribution >= 4 is 11.6 Å². The van der Waals surface area contributed by atoms with Gasteiger partial charge < -0.3 is 15.8 Å². The van der Waals surface area contributed by atoms with E-state index < -0.39 is 5.82 Å². The fourth-order valence-electron chi connectivity index (χ4n) is 1.43. The van der Waals surface area contributed by atoms with Crippen molar-refractivity contribution < 1.29 is 13.9 Å². The third-order valence-electron chi connectivity index (χ3n) is 2.50. The van der Waals surface area contributed by atoms with Crippen LogP contribution in [0.15, 0.2) is 18.2 Å². The Morgan fingerprint density at radius 1 is 1.53 bits per heavy atom. The van der Waals surface area contributed by atoms with E-state index in [1.54, 1.807) is 0 Å². The monoisotopic (exact) mass is 238 g/mol. The number of halogens is 1. The smallest absolute Gasteiger partial charge is 0.223 e. The van der Waals surface area contributed by atoms with Crippen LogP contribution >= 0.6 is 0 Å². The predicted molar refractivity (Wildman–Crippen MR) is 62.1 cm³/mol. The normalized spacial score (nSPS) is 14.4. The van der Waals surface area contributed by atoms with Crippen molar-refractivity contribution in [3.05, 3.63) is 24.0 Å². The Morgan fingerprint density at radius 2 is 2.29 bits per heavy atom. The summed E-state index contributed by atoms with van der Waals surface area (Å²) in [7, 11) is 0. The van der Waals surface area contributed by atoms with Crippen molar-refractivity contribution in [2.45, 2.75) is 25.3 Å². The maximum absolute atomic E-state index is 12.7. The molecule has 0 atom stereocenters. The van der Waals surface area contributed by atoms with E-state index in [4.69, 9.17) is 10.5 Å². The molecule has 0 heterocycles. The zero-order valence-electron chi connectivity index (χ0n) is 9.41. The number of hydrogen-bond donors (Lipinski definition) is 2. The lowest BCUT2D eigenvalue weighted by Crippen LogP contribution is -2.26. The molecular formula is C12H15FN2O2. The lowest BCUT2D eigenvalue weighted by molar-refractivity contribution is -0.121. The summed E-state index contributed by atoms with van der Waals surface area (Å²) < 4.78 is 18.1. The van der Waals surface area contributed by atoms with Gasteiger partial charge in [0.25, 0.3) is 0 Å². The van der Waals surface area contributed by atoms with Crippen molar-refractivity contribution in [3.8, 4) is 5.75 Å². The van der Waals surface area contributed by atoms with E-state index in [1.165, 1.54) is 18.2 Å². The first kappa shape index (κ1) is 11.7. The number of amides is 1. The largest absolute Gasteiger partial charge is 0.491 e. The van der Waals surface area contributed by atoms with Gasteiger partial charge in [0.2, 0.25) is 5.91 Å². The number of anilines is 1. The Kier molecular flexibility index (Phi) is 3.46. The van der Waals surface area contributed by atoms with Crippen LogP contribution in [0.1, 0.15) is 19.3 Å². The number of nitrogens with two attached hydrogens (primary N) is 1. The molecule has 1 aliphatic rings. The van der Waals surface area contributed by atoms with E-state index in [2.05, 4.69) is 5.32 Å². The molecule has 1 saturated carbocycles. The zero-order chi connectivity index (χ0) is 12.3. The summed E-state index contributed by atoms with van der Waals surface area (Å²) in [5.74, 6) is -0.0138. The second kappa shape index (κ2) is 5.03. The molecule has 0 radical (unpaired) electrons. The van der Waals surface area contributed by atoms with Crippen LogP contribution in [-0.2, 0) is 4.79 Å². The number of nitrogen functional groups attached to an aromatic ring is 1. The lowest BCUT2D eigenvalue weighted by Gasteiger charge is -2.08. The number of benzene rings is 1. The highest BCUT2D eigenvalue weighted by Gasteiger charge is 2.22. The molecule has 2 rings (SSSR count). The van der Waals surface area contributed by atoms with E-state index >= 15 is 0 Å². The number of carbonyl (C=O) groups excluding carboxylic acids is 1. The summed E-state index contributed by atoms with van der Waals surface area (Å²) in [6.07, 6.45) is 2.42. The average Bonchev–Trinajstić information content (AvgIpc) is 3.05. The Balaban J connectivity index is 1.75. The number of rotatable bonds is 5. The fraction of sp³-hybridized carbons (Fsp3) is 0.417. The van der Waals surface area contributed by atoms with Crippen molar-refractivity contribution in [2.75, 3.05) is 12.3 Å². The third-order valence-corrected chi connectivity index (χ3v) is 2.50. The quantitative estimate of drug-likeness (QED) is 0.763. The van der Waals surface area contributed by atoms with Gasteiger partial charge in [-0.3, -0.25) is 4.79 Å². The highest BCUT2D eigenvalue weighted by atomic mass is 19.1. The van der Waals surface area contributed by atoms with Gasteiger partial charge in [-0.1, -0.05) is 0 Å². The molecule has 0 unspecified atom stereocenters. The molecule has 3 N–H and O–H groups in total. The maximum atomic E-state index is 12.7. The summed E-state index contributed by atoms with van der Waals surface area (Å²) in [5, 5.41) is 2.85. The number of nitrogens with one attached hydrogen (secondary N) is 1. The molecular weight excluding hydrogens is 223 g/mol. The molecule has 1 aromatic carbocycles. The highest BCUT2D eigenvalue weighted by molar-refractivity contribution is 5.76. The number of ether oxygens (including phenoxy) is 1. The van der Waals surface area contributed by atoms with E-state index in [9.17, 15) is 9.18 Å². The average molecular weight is 238 g/mol. The fourth-order valence-corrected chi connectivity index (χ4v) is 1.43. The number of carbonyl (C=O) groups is 1. The molecule has 1 aromatic rings. The van der Waals surface area contributed by atoms with E-state index in [0.29, 0.717) is 11.8 Å². The first-order valence-corrected chi connectivity index (χ1v) is 5.62. The first-order chi connectivity index (χ1) is 8.15. The van der Waals surface area contributed by atoms with Crippen LogP contribution in [0.2, 0.25) is 0 Å². The van der Waals surface area contributed by atoms with Crippen LogP contribution in [0.4, 0.5) is 10.1 Å². The molecule has 92 valence electrons. The molecule has 1 amide bonds. The van der Waals surface area contributed by atoms with Crippen molar-refractivity contribution in [1.82, 2.24) is 5.32 Å². The van der Waals surface area contributed by atoms with Crippen LogP contribution in [0, 0.1) is 5.82 Å². The molecule has 0 bridgehead atoms. The second-order valence-electron chi connectivity index (χ2n) is 4.12. The van der Waals surface area contributed by atoms with E-state index in [0.717, 1.165) is 12.8 Å².